The first-order valence-electron chi connectivity index (χ1n) is 5.79. The predicted molar refractivity (Wildman–Crippen MR) is 75.9 cm³/mol. The molecule has 0 unspecified atom stereocenters. The van der Waals surface area contributed by atoms with Gasteiger partial charge in [-0.2, -0.15) is 0 Å². The van der Waals surface area contributed by atoms with Gasteiger partial charge in [-0.15, -0.1) is 0 Å². The van der Waals surface area contributed by atoms with Gasteiger partial charge in [-0.25, -0.2) is 0 Å². The fourth-order valence-electron chi connectivity index (χ4n) is 2.03. The average Bonchev–Trinajstić information content (AvgIpc) is 2.56. The number of hydrogen-bond donors (Lipinski definition) is 2. The standard InChI is InChI=1S/C12H15BBrNO3/c1-2-8(7-15)11-9(14)3-4-10-12(11)13(16)18-6-5-17-10/h2-4,16H,5-7,15H2,1H3/b8-2+. The highest BCUT2D eigenvalue weighted by Gasteiger charge is 2.29. The zero-order valence-corrected chi connectivity index (χ0v) is 11.7. The first-order valence-corrected chi connectivity index (χ1v) is 6.58. The van der Waals surface area contributed by atoms with Gasteiger partial charge in [-0.05, 0) is 30.2 Å². The lowest BCUT2D eigenvalue weighted by Crippen LogP contribution is -2.36. The molecule has 1 heterocycles. The Kier molecular flexibility index (Phi) is 4.45. The summed E-state index contributed by atoms with van der Waals surface area (Å²) in [5.41, 5.74) is 8.18. The lowest BCUT2D eigenvalue weighted by molar-refractivity contribution is 0.210. The van der Waals surface area contributed by atoms with Gasteiger partial charge in [0.15, 0.2) is 0 Å². The molecule has 0 saturated carbocycles. The summed E-state index contributed by atoms with van der Waals surface area (Å²) in [7, 11) is -0.989. The molecule has 0 radical (unpaired) electrons. The van der Waals surface area contributed by atoms with E-state index < -0.39 is 7.12 Å². The number of halogens is 1. The minimum atomic E-state index is -0.989. The third-order valence-electron chi connectivity index (χ3n) is 2.91. The van der Waals surface area contributed by atoms with Crippen LogP contribution < -0.4 is 15.9 Å². The van der Waals surface area contributed by atoms with Gasteiger partial charge in [0.25, 0.3) is 0 Å². The van der Waals surface area contributed by atoms with Crippen molar-refractivity contribution in [3.63, 3.8) is 0 Å². The van der Waals surface area contributed by atoms with E-state index in [-0.39, 0.29) is 0 Å². The predicted octanol–water partition coefficient (Wildman–Crippen LogP) is 0.908. The quantitative estimate of drug-likeness (QED) is 0.797. The molecule has 18 heavy (non-hydrogen) atoms. The van der Waals surface area contributed by atoms with Crippen LogP contribution in [0, 0.1) is 0 Å². The normalized spacial score (nSPS) is 16.0. The maximum atomic E-state index is 10.1. The zero-order chi connectivity index (χ0) is 13.1. The second-order valence-corrected chi connectivity index (χ2v) is 4.78. The summed E-state index contributed by atoms with van der Waals surface area (Å²) in [5, 5.41) is 10.1. The van der Waals surface area contributed by atoms with Crippen LogP contribution in [0.25, 0.3) is 5.57 Å². The zero-order valence-electron chi connectivity index (χ0n) is 10.1. The molecule has 2 rings (SSSR count). The molecular weight excluding hydrogens is 297 g/mol. The molecule has 0 spiro atoms. The topological polar surface area (TPSA) is 64.7 Å². The molecule has 1 aromatic rings. The highest BCUT2D eigenvalue weighted by Crippen LogP contribution is 2.27. The van der Waals surface area contributed by atoms with Crippen molar-refractivity contribution < 1.29 is 14.4 Å². The highest BCUT2D eigenvalue weighted by molar-refractivity contribution is 9.10. The lowest BCUT2D eigenvalue weighted by Gasteiger charge is -2.16. The summed E-state index contributed by atoms with van der Waals surface area (Å²) in [6.07, 6.45) is 1.93. The van der Waals surface area contributed by atoms with Gasteiger partial charge in [0.05, 0.1) is 6.61 Å². The van der Waals surface area contributed by atoms with Crippen LogP contribution in [-0.2, 0) is 4.65 Å². The van der Waals surface area contributed by atoms with Gasteiger partial charge in [-0.1, -0.05) is 22.0 Å². The molecule has 0 amide bonds. The number of rotatable bonds is 2. The van der Waals surface area contributed by atoms with E-state index in [2.05, 4.69) is 15.9 Å². The summed E-state index contributed by atoms with van der Waals surface area (Å²) in [6, 6.07) is 3.72. The van der Waals surface area contributed by atoms with Gasteiger partial charge in [0.1, 0.15) is 12.4 Å². The molecule has 0 saturated heterocycles. The van der Waals surface area contributed by atoms with Crippen molar-refractivity contribution >= 4 is 34.1 Å². The Morgan fingerprint density at radius 1 is 1.56 bits per heavy atom. The van der Waals surface area contributed by atoms with Gasteiger partial charge in [0, 0.05) is 16.5 Å². The van der Waals surface area contributed by atoms with Crippen LogP contribution >= 0.6 is 15.9 Å². The summed E-state index contributed by atoms with van der Waals surface area (Å²) in [6.45, 7) is 3.09. The van der Waals surface area contributed by atoms with E-state index in [1.807, 2.05) is 25.1 Å². The molecule has 0 fully saturated rings. The average molecular weight is 312 g/mol. The summed E-state index contributed by atoms with van der Waals surface area (Å²) in [4.78, 5) is 0. The van der Waals surface area contributed by atoms with Crippen LogP contribution in [0.3, 0.4) is 0 Å². The van der Waals surface area contributed by atoms with E-state index in [1.54, 1.807) is 0 Å². The molecule has 1 aliphatic heterocycles. The van der Waals surface area contributed by atoms with Crippen LogP contribution in [0.2, 0.25) is 0 Å². The monoisotopic (exact) mass is 311 g/mol. The molecular formula is C12H15BBrNO3. The summed E-state index contributed by atoms with van der Waals surface area (Å²) < 4.78 is 11.8. The number of benzene rings is 1. The SMILES string of the molecule is C/C=C(\CN)c1c(Br)ccc2c1B(O)OCCO2. The second kappa shape index (κ2) is 5.88. The van der Waals surface area contributed by atoms with Crippen molar-refractivity contribution in [2.45, 2.75) is 6.92 Å². The second-order valence-electron chi connectivity index (χ2n) is 3.92. The molecule has 0 atom stereocenters. The number of nitrogens with two attached hydrogens (primary N) is 1. The fraction of sp³-hybridized carbons (Fsp3) is 0.333. The molecule has 96 valence electrons. The molecule has 1 aliphatic rings. The van der Waals surface area contributed by atoms with Crippen molar-refractivity contribution in [2.75, 3.05) is 19.8 Å². The van der Waals surface area contributed by atoms with Gasteiger partial charge in [0.2, 0.25) is 0 Å². The highest BCUT2D eigenvalue weighted by atomic mass is 79.9. The fourth-order valence-corrected chi connectivity index (χ4v) is 2.63. The molecule has 0 bridgehead atoms. The van der Waals surface area contributed by atoms with Crippen molar-refractivity contribution in [2.24, 2.45) is 5.73 Å². The Morgan fingerprint density at radius 3 is 3.00 bits per heavy atom. The first-order chi connectivity index (χ1) is 8.69. The Bertz CT molecular complexity index is 479. The van der Waals surface area contributed by atoms with Crippen molar-refractivity contribution in [3.8, 4) is 5.75 Å². The van der Waals surface area contributed by atoms with E-state index in [9.17, 15) is 5.02 Å². The third kappa shape index (κ3) is 2.47. The number of allylic oxidation sites excluding steroid dienone is 1. The number of ether oxygens (including phenoxy) is 1. The molecule has 1 aromatic carbocycles. The van der Waals surface area contributed by atoms with Crippen LogP contribution in [0.1, 0.15) is 12.5 Å². The van der Waals surface area contributed by atoms with Crippen LogP contribution in [0.5, 0.6) is 5.75 Å². The van der Waals surface area contributed by atoms with Gasteiger partial charge in [-0.3, -0.25) is 0 Å². The maximum Gasteiger partial charge on any atom is 0.495 e. The lowest BCUT2D eigenvalue weighted by atomic mass is 9.74. The van der Waals surface area contributed by atoms with E-state index in [4.69, 9.17) is 15.1 Å². The smallest absolute Gasteiger partial charge is 0.492 e. The summed E-state index contributed by atoms with van der Waals surface area (Å²) >= 11 is 3.49. The minimum Gasteiger partial charge on any atom is -0.492 e. The summed E-state index contributed by atoms with van der Waals surface area (Å²) in [5.74, 6) is 0.644. The Hall–Kier alpha value is -0.815. The molecule has 6 heteroatoms. The maximum absolute atomic E-state index is 10.1. The number of fused-ring (bicyclic) bond motifs is 1. The van der Waals surface area contributed by atoms with Crippen molar-refractivity contribution in [1.82, 2.24) is 0 Å². The Labute approximate surface area is 115 Å². The van der Waals surface area contributed by atoms with E-state index in [1.165, 1.54) is 0 Å². The van der Waals surface area contributed by atoms with E-state index in [0.717, 1.165) is 15.6 Å². The molecule has 0 aliphatic carbocycles. The van der Waals surface area contributed by atoms with Gasteiger partial charge >= 0.3 is 7.12 Å². The van der Waals surface area contributed by atoms with Crippen molar-refractivity contribution in [3.05, 3.63) is 28.2 Å². The largest absolute Gasteiger partial charge is 0.495 e. The van der Waals surface area contributed by atoms with Crippen LogP contribution in [-0.4, -0.2) is 31.9 Å². The Balaban J connectivity index is 2.64. The van der Waals surface area contributed by atoms with Gasteiger partial charge < -0.3 is 20.1 Å². The minimum absolute atomic E-state index is 0.362. The van der Waals surface area contributed by atoms with Crippen molar-refractivity contribution in [1.29, 1.82) is 0 Å². The van der Waals surface area contributed by atoms with Crippen LogP contribution in [0.15, 0.2) is 22.7 Å². The Morgan fingerprint density at radius 2 is 2.33 bits per heavy atom. The molecule has 3 N–H and O–H groups in total. The molecule has 4 nitrogen and oxygen atoms in total. The third-order valence-corrected chi connectivity index (χ3v) is 3.57. The molecule has 0 aromatic heterocycles. The van der Waals surface area contributed by atoms with E-state index in [0.29, 0.717) is 31.0 Å². The number of hydrogen-bond acceptors (Lipinski definition) is 4. The van der Waals surface area contributed by atoms with E-state index >= 15 is 0 Å². The first kappa shape index (κ1) is 13.6. The van der Waals surface area contributed by atoms with Crippen LogP contribution in [0.4, 0.5) is 0 Å².